The van der Waals surface area contributed by atoms with E-state index in [1.165, 1.54) is 7.05 Å². The van der Waals surface area contributed by atoms with Gasteiger partial charge in [0.25, 0.3) is 11.8 Å². The molecule has 26 heavy (non-hydrogen) atoms. The van der Waals surface area contributed by atoms with Crippen molar-refractivity contribution in [1.82, 2.24) is 4.90 Å². The topological polar surface area (TPSA) is 58.6 Å². The van der Waals surface area contributed by atoms with Crippen LogP contribution in [0.1, 0.15) is 18.1 Å². The Kier molecular flexibility index (Phi) is 5.00. The van der Waals surface area contributed by atoms with Gasteiger partial charge >= 0.3 is 0 Å². The van der Waals surface area contributed by atoms with Crippen LogP contribution in [0, 0.1) is 6.92 Å². The zero-order valence-corrected chi connectivity index (χ0v) is 15.6. The molecule has 1 N–H and O–H groups in total. The van der Waals surface area contributed by atoms with Crippen molar-refractivity contribution in [2.24, 2.45) is 0 Å². The summed E-state index contributed by atoms with van der Waals surface area (Å²) in [7, 11) is 1.47. The largest absolute Gasteiger partial charge is 0.494 e. The summed E-state index contributed by atoms with van der Waals surface area (Å²) in [5, 5.41) is 3.69. The summed E-state index contributed by atoms with van der Waals surface area (Å²) in [5.41, 5.74) is 2.72. The lowest BCUT2D eigenvalue weighted by atomic mass is 10.0. The Balaban J connectivity index is 2.05. The second kappa shape index (κ2) is 7.22. The molecule has 134 valence electrons. The third-order valence-corrected chi connectivity index (χ3v) is 4.68. The number of amides is 2. The van der Waals surface area contributed by atoms with Crippen LogP contribution in [-0.2, 0) is 9.59 Å². The Hall–Kier alpha value is -2.79. The summed E-state index contributed by atoms with van der Waals surface area (Å²) in [6.07, 6.45) is 0. The molecule has 1 heterocycles. The second-order valence-electron chi connectivity index (χ2n) is 5.91. The number of hydrogen-bond donors (Lipinski definition) is 1. The van der Waals surface area contributed by atoms with Crippen LogP contribution in [0.3, 0.4) is 0 Å². The number of rotatable bonds is 5. The first-order valence-corrected chi connectivity index (χ1v) is 8.63. The first kappa shape index (κ1) is 18.0. The summed E-state index contributed by atoms with van der Waals surface area (Å²) in [4.78, 5) is 26.3. The van der Waals surface area contributed by atoms with Crippen LogP contribution in [0.15, 0.2) is 48.2 Å². The Morgan fingerprint density at radius 1 is 1.08 bits per heavy atom. The van der Waals surface area contributed by atoms with Crippen LogP contribution >= 0.6 is 11.6 Å². The number of ether oxygens (including phenoxy) is 1. The molecule has 0 unspecified atom stereocenters. The third-order valence-electron chi connectivity index (χ3n) is 4.27. The molecule has 6 heteroatoms. The molecule has 0 spiro atoms. The standard InChI is InChI=1S/C20H19ClN2O3/c1-4-26-14-10-8-13(9-11-14)17-18(20(25)23(3)19(17)24)22-16-7-5-6-15(21)12(16)2/h5-11,22H,4H2,1-3H3. The highest BCUT2D eigenvalue weighted by Gasteiger charge is 2.37. The Bertz CT molecular complexity index is 904. The molecule has 5 nitrogen and oxygen atoms in total. The average molecular weight is 371 g/mol. The van der Waals surface area contributed by atoms with Crippen LogP contribution in [0.4, 0.5) is 5.69 Å². The van der Waals surface area contributed by atoms with E-state index in [0.29, 0.717) is 34.2 Å². The van der Waals surface area contributed by atoms with Crippen molar-refractivity contribution in [3.63, 3.8) is 0 Å². The lowest BCUT2D eigenvalue weighted by molar-refractivity contribution is -0.135. The summed E-state index contributed by atoms with van der Waals surface area (Å²) in [5.74, 6) is -0.0122. The fourth-order valence-corrected chi connectivity index (χ4v) is 2.96. The summed E-state index contributed by atoms with van der Waals surface area (Å²) < 4.78 is 5.44. The molecular weight excluding hydrogens is 352 g/mol. The van der Waals surface area contributed by atoms with Gasteiger partial charge in [-0.25, -0.2) is 0 Å². The Morgan fingerprint density at radius 2 is 1.77 bits per heavy atom. The predicted molar refractivity (Wildman–Crippen MR) is 102 cm³/mol. The molecule has 0 atom stereocenters. The molecule has 0 fully saturated rings. The quantitative estimate of drug-likeness (QED) is 0.812. The van der Waals surface area contributed by atoms with Gasteiger partial charge in [0.05, 0.1) is 12.2 Å². The number of hydrogen-bond acceptors (Lipinski definition) is 4. The highest BCUT2D eigenvalue weighted by molar-refractivity contribution is 6.36. The lowest BCUT2D eigenvalue weighted by Gasteiger charge is -2.12. The number of anilines is 1. The van der Waals surface area contributed by atoms with E-state index in [4.69, 9.17) is 16.3 Å². The summed E-state index contributed by atoms with van der Waals surface area (Å²) in [6.45, 7) is 4.32. The number of nitrogens with one attached hydrogen (secondary N) is 1. The van der Waals surface area contributed by atoms with Gasteiger partial charge in [-0.3, -0.25) is 14.5 Å². The van der Waals surface area contributed by atoms with Gasteiger partial charge in [-0.1, -0.05) is 29.8 Å². The number of carbonyl (C=O) groups is 2. The fourth-order valence-electron chi connectivity index (χ4n) is 2.79. The highest BCUT2D eigenvalue weighted by atomic mass is 35.5. The van der Waals surface area contributed by atoms with Gasteiger partial charge in [0.15, 0.2) is 0 Å². The first-order valence-electron chi connectivity index (χ1n) is 8.26. The zero-order chi connectivity index (χ0) is 18.8. The lowest BCUT2D eigenvalue weighted by Crippen LogP contribution is -2.28. The number of nitrogens with zero attached hydrogens (tertiary/aromatic N) is 1. The molecule has 0 saturated carbocycles. The summed E-state index contributed by atoms with van der Waals surface area (Å²) in [6, 6.07) is 12.5. The maximum absolute atomic E-state index is 12.6. The maximum atomic E-state index is 12.6. The van der Waals surface area contributed by atoms with E-state index in [1.807, 2.05) is 19.9 Å². The monoisotopic (exact) mass is 370 g/mol. The van der Waals surface area contributed by atoms with Crippen LogP contribution in [0.25, 0.3) is 5.57 Å². The van der Waals surface area contributed by atoms with Gasteiger partial charge in [-0.05, 0) is 49.2 Å². The molecule has 0 bridgehead atoms. The van der Waals surface area contributed by atoms with E-state index in [2.05, 4.69) is 5.32 Å². The van der Waals surface area contributed by atoms with Gasteiger partial charge < -0.3 is 10.1 Å². The molecular formula is C20H19ClN2O3. The Labute approximate surface area is 157 Å². The van der Waals surface area contributed by atoms with Gasteiger partial charge in [-0.2, -0.15) is 0 Å². The van der Waals surface area contributed by atoms with E-state index in [0.717, 1.165) is 10.5 Å². The number of imide groups is 1. The van der Waals surface area contributed by atoms with E-state index >= 15 is 0 Å². The van der Waals surface area contributed by atoms with Gasteiger partial charge in [0.1, 0.15) is 11.4 Å². The van der Waals surface area contributed by atoms with Crippen LogP contribution in [-0.4, -0.2) is 30.4 Å². The van der Waals surface area contributed by atoms with Crippen LogP contribution in [0.5, 0.6) is 5.75 Å². The van der Waals surface area contributed by atoms with Gasteiger partial charge in [-0.15, -0.1) is 0 Å². The fraction of sp³-hybridized carbons (Fsp3) is 0.200. The van der Waals surface area contributed by atoms with Crippen molar-refractivity contribution < 1.29 is 14.3 Å². The average Bonchev–Trinajstić information content (AvgIpc) is 2.84. The molecule has 0 aliphatic carbocycles. The maximum Gasteiger partial charge on any atom is 0.277 e. The van der Waals surface area contributed by atoms with Crippen molar-refractivity contribution >= 4 is 34.7 Å². The molecule has 1 aliphatic rings. The minimum absolute atomic E-state index is 0.243. The van der Waals surface area contributed by atoms with Crippen LogP contribution < -0.4 is 10.1 Å². The second-order valence-corrected chi connectivity index (χ2v) is 6.32. The Morgan fingerprint density at radius 3 is 2.42 bits per heavy atom. The number of carbonyl (C=O) groups excluding carboxylic acids is 2. The molecule has 1 aliphatic heterocycles. The number of likely N-dealkylation sites (N-methyl/N-ethyl adjacent to an activating group) is 1. The molecule has 2 aromatic rings. The molecule has 3 rings (SSSR count). The highest BCUT2D eigenvalue weighted by Crippen LogP contribution is 2.32. The molecule has 2 amide bonds. The zero-order valence-electron chi connectivity index (χ0n) is 14.8. The van der Waals surface area contributed by atoms with Crippen molar-refractivity contribution in [2.45, 2.75) is 13.8 Å². The number of halogens is 1. The minimum Gasteiger partial charge on any atom is -0.494 e. The van der Waals surface area contributed by atoms with E-state index in [-0.39, 0.29) is 17.5 Å². The van der Waals surface area contributed by atoms with Crippen molar-refractivity contribution in [2.75, 3.05) is 19.0 Å². The third kappa shape index (κ3) is 3.18. The molecule has 2 aromatic carbocycles. The van der Waals surface area contributed by atoms with Gasteiger partial charge in [0.2, 0.25) is 0 Å². The number of benzene rings is 2. The predicted octanol–water partition coefficient (Wildman–Crippen LogP) is 3.87. The SMILES string of the molecule is CCOc1ccc(C2=C(Nc3cccc(Cl)c3C)C(=O)N(C)C2=O)cc1. The van der Waals surface area contributed by atoms with Crippen molar-refractivity contribution in [1.29, 1.82) is 0 Å². The summed E-state index contributed by atoms with van der Waals surface area (Å²) >= 11 is 6.16. The molecule has 0 aromatic heterocycles. The van der Waals surface area contributed by atoms with Crippen LogP contribution in [0.2, 0.25) is 5.02 Å². The van der Waals surface area contributed by atoms with Gasteiger partial charge in [0, 0.05) is 17.8 Å². The van der Waals surface area contributed by atoms with E-state index in [9.17, 15) is 9.59 Å². The van der Waals surface area contributed by atoms with E-state index < -0.39 is 0 Å². The normalized spacial score (nSPS) is 14.2. The van der Waals surface area contributed by atoms with E-state index in [1.54, 1.807) is 36.4 Å². The van der Waals surface area contributed by atoms with Crippen molar-refractivity contribution in [3.05, 3.63) is 64.3 Å². The smallest absolute Gasteiger partial charge is 0.277 e. The molecule has 0 radical (unpaired) electrons. The van der Waals surface area contributed by atoms with Crippen molar-refractivity contribution in [3.8, 4) is 5.75 Å². The minimum atomic E-state index is -0.377. The molecule has 0 saturated heterocycles. The first-order chi connectivity index (χ1) is 12.4.